The van der Waals surface area contributed by atoms with Crippen LogP contribution in [0.5, 0.6) is 0 Å². The molecule has 3 nitrogen and oxygen atoms in total. The van der Waals surface area contributed by atoms with Crippen molar-refractivity contribution in [3.63, 3.8) is 0 Å². The van der Waals surface area contributed by atoms with Crippen LogP contribution >= 0.6 is 0 Å². The van der Waals surface area contributed by atoms with Gasteiger partial charge in [0.1, 0.15) is 0 Å². The summed E-state index contributed by atoms with van der Waals surface area (Å²) in [5.41, 5.74) is 2.79. The molecule has 1 aromatic carbocycles. The van der Waals surface area contributed by atoms with Crippen LogP contribution in [0.2, 0.25) is 0 Å². The van der Waals surface area contributed by atoms with E-state index < -0.39 is 0 Å². The lowest BCUT2D eigenvalue weighted by atomic mass is 9.92. The largest absolute Gasteiger partial charge is 0.384 e. The van der Waals surface area contributed by atoms with Crippen LogP contribution in [0, 0.1) is 0 Å². The van der Waals surface area contributed by atoms with Crippen molar-refractivity contribution in [2.75, 3.05) is 31.5 Å². The third-order valence-corrected chi connectivity index (χ3v) is 3.43. The summed E-state index contributed by atoms with van der Waals surface area (Å²) in [5.74, 6) is 0.619. The maximum Gasteiger partial charge on any atom is 0.0377 e. The van der Waals surface area contributed by atoms with Crippen molar-refractivity contribution in [1.29, 1.82) is 0 Å². The lowest BCUT2D eigenvalue weighted by Crippen LogP contribution is -2.51. The van der Waals surface area contributed by atoms with E-state index in [0.29, 0.717) is 12.0 Å². The summed E-state index contributed by atoms with van der Waals surface area (Å²) in [7, 11) is 0. The first kappa shape index (κ1) is 9.19. The molecule has 1 fully saturated rings. The van der Waals surface area contributed by atoms with Crippen molar-refractivity contribution in [2.45, 2.75) is 12.0 Å². The Bertz CT molecular complexity index is 344. The van der Waals surface area contributed by atoms with Crippen LogP contribution < -0.4 is 16.0 Å². The number of hydrogen-bond acceptors (Lipinski definition) is 3. The lowest BCUT2D eigenvalue weighted by Gasteiger charge is -2.29. The van der Waals surface area contributed by atoms with E-state index in [1.165, 1.54) is 11.3 Å². The normalized spacial score (nSPS) is 29.6. The molecule has 0 aromatic heterocycles. The molecule has 1 saturated heterocycles. The Morgan fingerprint density at radius 2 is 2.00 bits per heavy atom. The van der Waals surface area contributed by atoms with Crippen LogP contribution in [0.4, 0.5) is 5.69 Å². The topological polar surface area (TPSA) is 36.1 Å². The van der Waals surface area contributed by atoms with Gasteiger partial charge in [-0.3, -0.25) is 0 Å². The van der Waals surface area contributed by atoms with Gasteiger partial charge in [-0.2, -0.15) is 0 Å². The first-order valence-electron chi connectivity index (χ1n) is 5.72. The van der Waals surface area contributed by atoms with Gasteiger partial charge in [0, 0.05) is 43.8 Å². The molecule has 0 saturated carbocycles. The summed E-state index contributed by atoms with van der Waals surface area (Å²) >= 11 is 0. The van der Waals surface area contributed by atoms with E-state index in [-0.39, 0.29) is 0 Å². The zero-order valence-corrected chi connectivity index (χ0v) is 8.79. The second kappa shape index (κ2) is 3.83. The highest BCUT2D eigenvalue weighted by molar-refractivity contribution is 5.58. The summed E-state index contributed by atoms with van der Waals surface area (Å²) in [4.78, 5) is 0. The second-order valence-electron chi connectivity index (χ2n) is 4.34. The Hall–Kier alpha value is -1.06. The quantitative estimate of drug-likeness (QED) is 0.630. The Labute approximate surface area is 90.3 Å². The number of piperazine rings is 1. The van der Waals surface area contributed by atoms with Crippen LogP contribution in [0.1, 0.15) is 11.5 Å². The number of anilines is 1. The Balaban J connectivity index is 1.83. The van der Waals surface area contributed by atoms with Gasteiger partial charge in [-0.05, 0) is 11.6 Å². The minimum Gasteiger partial charge on any atom is -0.384 e. The molecule has 3 rings (SSSR count). The van der Waals surface area contributed by atoms with E-state index in [1.807, 2.05) is 0 Å². The number of hydrogen-bond donors (Lipinski definition) is 3. The first-order valence-corrected chi connectivity index (χ1v) is 5.72. The van der Waals surface area contributed by atoms with Crippen LogP contribution in [-0.2, 0) is 0 Å². The van der Waals surface area contributed by atoms with E-state index in [4.69, 9.17) is 0 Å². The molecule has 80 valence electrons. The molecule has 3 heteroatoms. The zero-order chi connectivity index (χ0) is 10.1. The summed E-state index contributed by atoms with van der Waals surface area (Å²) in [5, 5.41) is 10.5. The lowest BCUT2D eigenvalue weighted by molar-refractivity contribution is 0.378. The molecular weight excluding hydrogens is 186 g/mol. The average Bonchev–Trinajstić information content (AvgIpc) is 2.74. The van der Waals surface area contributed by atoms with E-state index in [1.54, 1.807) is 0 Å². The number of fused-ring (bicyclic) bond motifs is 1. The first-order chi connectivity index (χ1) is 7.45. The number of benzene rings is 1. The SMILES string of the molecule is c1ccc2c(c1)NCC2C1CNCCN1. The Morgan fingerprint density at radius 3 is 2.87 bits per heavy atom. The minimum absolute atomic E-state index is 0.579. The number of rotatable bonds is 1. The predicted molar refractivity (Wildman–Crippen MR) is 62.3 cm³/mol. The van der Waals surface area contributed by atoms with Gasteiger partial charge >= 0.3 is 0 Å². The minimum atomic E-state index is 0.579. The number of nitrogens with one attached hydrogen (secondary N) is 3. The van der Waals surface area contributed by atoms with Crippen LogP contribution in [-0.4, -0.2) is 32.2 Å². The van der Waals surface area contributed by atoms with Crippen molar-refractivity contribution in [3.05, 3.63) is 29.8 Å². The van der Waals surface area contributed by atoms with Crippen molar-refractivity contribution in [3.8, 4) is 0 Å². The molecule has 0 radical (unpaired) electrons. The maximum atomic E-state index is 3.60. The Kier molecular flexibility index (Phi) is 2.35. The summed E-state index contributed by atoms with van der Waals surface area (Å²) in [6, 6.07) is 9.23. The van der Waals surface area contributed by atoms with Gasteiger partial charge in [0.2, 0.25) is 0 Å². The smallest absolute Gasteiger partial charge is 0.0377 e. The van der Waals surface area contributed by atoms with Gasteiger partial charge in [-0.25, -0.2) is 0 Å². The molecule has 3 N–H and O–H groups in total. The molecular formula is C12H17N3. The van der Waals surface area contributed by atoms with Gasteiger partial charge in [0.25, 0.3) is 0 Å². The van der Waals surface area contributed by atoms with Gasteiger partial charge < -0.3 is 16.0 Å². The van der Waals surface area contributed by atoms with E-state index in [0.717, 1.165) is 26.2 Å². The average molecular weight is 203 g/mol. The van der Waals surface area contributed by atoms with Gasteiger partial charge in [0.15, 0.2) is 0 Å². The van der Waals surface area contributed by atoms with Crippen LogP contribution in [0.15, 0.2) is 24.3 Å². The molecule has 0 bridgehead atoms. The second-order valence-corrected chi connectivity index (χ2v) is 4.34. The van der Waals surface area contributed by atoms with Crippen molar-refractivity contribution < 1.29 is 0 Å². The molecule has 2 aliphatic heterocycles. The summed E-state index contributed by atoms with van der Waals surface area (Å²) < 4.78 is 0. The maximum absolute atomic E-state index is 3.60. The molecule has 0 aliphatic carbocycles. The third kappa shape index (κ3) is 1.62. The molecule has 2 aliphatic rings. The number of para-hydroxylation sites is 1. The standard InChI is InChI=1S/C12H17N3/c1-2-4-11-9(3-1)10(7-15-11)12-8-13-5-6-14-12/h1-4,10,12-15H,5-8H2. The molecule has 1 aromatic rings. The highest BCUT2D eigenvalue weighted by Gasteiger charge is 2.29. The fourth-order valence-corrected chi connectivity index (χ4v) is 2.63. The molecule has 2 unspecified atom stereocenters. The van der Waals surface area contributed by atoms with Gasteiger partial charge in [-0.15, -0.1) is 0 Å². The van der Waals surface area contributed by atoms with E-state index in [9.17, 15) is 0 Å². The van der Waals surface area contributed by atoms with Crippen molar-refractivity contribution in [2.24, 2.45) is 0 Å². The van der Waals surface area contributed by atoms with E-state index >= 15 is 0 Å². The molecule has 0 amide bonds. The van der Waals surface area contributed by atoms with Gasteiger partial charge in [-0.1, -0.05) is 18.2 Å². The summed E-state index contributed by atoms with van der Waals surface area (Å²) in [6.45, 7) is 4.33. The fourth-order valence-electron chi connectivity index (χ4n) is 2.63. The molecule has 2 heterocycles. The highest BCUT2D eigenvalue weighted by atomic mass is 15.1. The highest BCUT2D eigenvalue weighted by Crippen LogP contribution is 2.33. The predicted octanol–water partition coefficient (Wildman–Crippen LogP) is 0.757. The van der Waals surface area contributed by atoms with E-state index in [2.05, 4.69) is 40.2 Å². The Morgan fingerprint density at radius 1 is 1.07 bits per heavy atom. The zero-order valence-electron chi connectivity index (χ0n) is 8.79. The van der Waals surface area contributed by atoms with Gasteiger partial charge in [0.05, 0.1) is 0 Å². The van der Waals surface area contributed by atoms with Crippen molar-refractivity contribution >= 4 is 5.69 Å². The fraction of sp³-hybridized carbons (Fsp3) is 0.500. The van der Waals surface area contributed by atoms with Crippen LogP contribution in [0.25, 0.3) is 0 Å². The molecule has 15 heavy (non-hydrogen) atoms. The molecule has 2 atom stereocenters. The summed E-state index contributed by atoms with van der Waals surface area (Å²) in [6.07, 6.45) is 0. The monoisotopic (exact) mass is 203 g/mol. The molecule has 0 spiro atoms. The third-order valence-electron chi connectivity index (χ3n) is 3.43. The van der Waals surface area contributed by atoms with Crippen molar-refractivity contribution in [1.82, 2.24) is 10.6 Å². The van der Waals surface area contributed by atoms with Crippen LogP contribution in [0.3, 0.4) is 0 Å².